The zero-order valence-electron chi connectivity index (χ0n) is 12.0. The summed E-state index contributed by atoms with van der Waals surface area (Å²) in [6, 6.07) is 0.225. The second-order valence-electron chi connectivity index (χ2n) is 6.29. The molecular formula is C13H28ClN3O. The summed E-state index contributed by atoms with van der Waals surface area (Å²) in [4.78, 5) is 14.0. The van der Waals surface area contributed by atoms with Crippen LogP contribution in [0, 0.1) is 5.92 Å². The van der Waals surface area contributed by atoms with Crippen molar-refractivity contribution in [2.24, 2.45) is 11.7 Å². The molecule has 5 heteroatoms. The third-order valence-corrected chi connectivity index (χ3v) is 3.17. The molecule has 1 heterocycles. The van der Waals surface area contributed by atoms with Crippen LogP contribution in [0.1, 0.15) is 40.5 Å². The molecule has 1 rings (SSSR count). The Bertz CT molecular complexity index is 263. The van der Waals surface area contributed by atoms with Crippen LogP contribution < -0.4 is 11.1 Å². The van der Waals surface area contributed by atoms with Crippen molar-refractivity contribution in [3.8, 4) is 0 Å². The van der Waals surface area contributed by atoms with Crippen molar-refractivity contribution in [3.63, 3.8) is 0 Å². The zero-order valence-corrected chi connectivity index (χ0v) is 12.8. The molecule has 1 saturated heterocycles. The number of carbonyl (C=O) groups is 1. The minimum Gasteiger partial charge on any atom is -0.350 e. The van der Waals surface area contributed by atoms with Crippen molar-refractivity contribution < 1.29 is 4.79 Å². The molecule has 0 aromatic rings. The van der Waals surface area contributed by atoms with Gasteiger partial charge in [-0.3, -0.25) is 9.69 Å². The van der Waals surface area contributed by atoms with Gasteiger partial charge in [-0.15, -0.1) is 12.4 Å². The molecule has 4 nitrogen and oxygen atoms in total. The number of hydrogen-bond acceptors (Lipinski definition) is 3. The van der Waals surface area contributed by atoms with E-state index in [1.54, 1.807) is 0 Å². The van der Waals surface area contributed by atoms with Crippen LogP contribution in [0.4, 0.5) is 0 Å². The first-order valence-electron chi connectivity index (χ1n) is 6.57. The predicted molar refractivity (Wildman–Crippen MR) is 78.0 cm³/mol. The molecule has 1 fully saturated rings. The number of rotatable bonds is 3. The van der Waals surface area contributed by atoms with E-state index in [4.69, 9.17) is 5.73 Å². The Hall–Kier alpha value is -0.320. The van der Waals surface area contributed by atoms with E-state index in [0.717, 1.165) is 19.5 Å². The fourth-order valence-corrected chi connectivity index (χ4v) is 2.32. The van der Waals surface area contributed by atoms with Crippen LogP contribution >= 0.6 is 12.4 Å². The van der Waals surface area contributed by atoms with E-state index in [1.807, 2.05) is 20.8 Å². The van der Waals surface area contributed by atoms with Crippen molar-refractivity contribution >= 4 is 18.3 Å². The van der Waals surface area contributed by atoms with Crippen LogP contribution in [-0.4, -0.2) is 42.0 Å². The predicted octanol–water partition coefficient (Wildman–Crippen LogP) is 1.38. The summed E-state index contributed by atoms with van der Waals surface area (Å²) in [5.41, 5.74) is 5.79. The average molecular weight is 278 g/mol. The maximum absolute atomic E-state index is 11.8. The van der Waals surface area contributed by atoms with Gasteiger partial charge in [0.2, 0.25) is 5.91 Å². The molecule has 0 aliphatic carbocycles. The first-order chi connectivity index (χ1) is 7.78. The standard InChI is InChI=1S/C13H27N3O.ClH/c1-10(14)11-6-5-7-16(8-11)9-12(17)15-13(2,3)4;/h10-11H,5-9,14H2,1-4H3,(H,15,17);1H. The molecule has 1 amide bonds. The number of nitrogens with one attached hydrogen (secondary N) is 1. The van der Waals surface area contributed by atoms with Gasteiger partial charge in [-0.05, 0) is 53.0 Å². The van der Waals surface area contributed by atoms with Crippen LogP contribution in [0.15, 0.2) is 0 Å². The highest BCUT2D eigenvalue weighted by Crippen LogP contribution is 2.18. The maximum Gasteiger partial charge on any atom is 0.234 e. The monoisotopic (exact) mass is 277 g/mol. The number of nitrogens with zero attached hydrogens (tertiary/aromatic N) is 1. The number of nitrogens with two attached hydrogens (primary N) is 1. The summed E-state index contributed by atoms with van der Waals surface area (Å²) in [6.45, 7) is 10.5. The summed E-state index contributed by atoms with van der Waals surface area (Å²) < 4.78 is 0. The second kappa shape index (κ2) is 7.31. The SMILES string of the molecule is CC(N)C1CCCN(CC(=O)NC(C)(C)C)C1.Cl. The minimum atomic E-state index is -0.145. The van der Waals surface area contributed by atoms with Crippen LogP contribution in [-0.2, 0) is 4.79 Å². The van der Waals surface area contributed by atoms with Crippen LogP contribution in [0.3, 0.4) is 0 Å². The van der Waals surface area contributed by atoms with E-state index in [9.17, 15) is 4.79 Å². The molecule has 0 aromatic heterocycles. The molecular weight excluding hydrogens is 250 g/mol. The summed E-state index contributed by atoms with van der Waals surface area (Å²) in [5.74, 6) is 0.647. The minimum absolute atomic E-state index is 0. The van der Waals surface area contributed by atoms with Crippen molar-refractivity contribution in [2.45, 2.75) is 52.1 Å². The van der Waals surface area contributed by atoms with Crippen LogP contribution in [0.5, 0.6) is 0 Å². The lowest BCUT2D eigenvalue weighted by atomic mass is 9.92. The Morgan fingerprint density at radius 2 is 2.11 bits per heavy atom. The van der Waals surface area contributed by atoms with Crippen molar-refractivity contribution in [3.05, 3.63) is 0 Å². The molecule has 2 atom stereocenters. The number of hydrogen-bond donors (Lipinski definition) is 2. The molecule has 0 saturated carbocycles. The van der Waals surface area contributed by atoms with Gasteiger partial charge in [0, 0.05) is 18.1 Å². The lowest BCUT2D eigenvalue weighted by Crippen LogP contribution is -2.49. The molecule has 0 aromatic carbocycles. The van der Waals surface area contributed by atoms with E-state index >= 15 is 0 Å². The topological polar surface area (TPSA) is 58.4 Å². The quantitative estimate of drug-likeness (QED) is 0.819. The Labute approximate surface area is 117 Å². The second-order valence-corrected chi connectivity index (χ2v) is 6.29. The maximum atomic E-state index is 11.8. The van der Waals surface area contributed by atoms with Crippen molar-refractivity contribution in [2.75, 3.05) is 19.6 Å². The third kappa shape index (κ3) is 6.57. The fourth-order valence-electron chi connectivity index (χ4n) is 2.32. The lowest BCUT2D eigenvalue weighted by Gasteiger charge is -2.34. The molecule has 3 N–H and O–H groups in total. The number of carbonyl (C=O) groups excluding carboxylic acids is 1. The average Bonchev–Trinajstić information content (AvgIpc) is 2.14. The number of likely N-dealkylation sites (tertiary alicyclic amines) is 1. The first-order valence-corrected chi connectivity index (χ1v) is 6.57. The Balaban J connectivity index is 0.00000289. The highest BCUT2D eigenvalue weighted by molar-refractivity contribution is 5.85. The number of halogens is 1. The molecule has 108 valence electrons. The fraction of sp³-hybridized carbons (Fsp3) is 0.923. The molecule has 0 bridgehead atoms. The van der Waals surface area contributed by atoms with E-state index < -0.39 is 0 Å². The van der Waals surface area contributed by atoms with Crippen LogP contribution in [0.25, 0.3) is 0 Å². The molecule has 0 radical (unpaired) electrons. The van der Waals surface area contributed by atoms with Crippen LogP contribution in [0.2, 0.25) is 0 Å². The van der Waals surface area contributed by atoms with E-state index in [1.165, 1.54) is 6.42 Å². The summed E-state index contributed by atoms with van der Waals surface area (Å²) in [5, 5.41) is 3.00. The van der Waals surface area contributed by atoms with E-state index in [0.29, 0.717) is 12.5 Å². The molecule has 1 aliphatic heterocycles. The van der Waals surface area contributed by atoms with Gasteiger partial charge in [-0.2, -0.15) is 0 Å². The highest BCUT2D eigenvalue weighted by atomic mass is 35.5. The van der Waals surface area contributed by atoms with Gasteiger partial charge in [-0.1, -0.05) is 0 Å². The smallest absolute Gasteiger partial charge is 0.234 e. The van der Waals surface area contributed by atoms with Gasteiger partial charge in [0.05, 0.1) is 6.54 Å². The van der Waals surface area contributed by atoms with Gasteiger partial charge in [0.15, 0.2) is 0 Å². The van der Waals surface area contributed by atoms with E-state index in [2.05, 4.69) is 17.1 Å². The summed E-state index contributed by atoms with van der Waals surface area (Å²) in [7, 11) is 0. The third-order valence-electron chi connectivity index (χ3n) is 3.17. The summed E-state index contributed by atoms with van der Waals surface area (Å²) >= 11 is 0. The Morgan fingerprint density at radius 3 is 2.61 bits per heavy atom. The van der Waals surface area contributed by atoms with Crippen molar-refractivity contribution in [1.82, 2.24) is 10.2 Å². The molecule has 1 aliphatic rings. The first kappa shape index (κ1) is 17.7. The Kier molecular flexibility index (Phi) is 7.18. The van der Waals surface area contributed by atoms with E-state index in [-0.39, 0.29) is 29.9 Å². The summed E-state index contributed by atoms with van der Waals surface area (Å²) in [6.07, 6.45) is 2.34. The lowest BCUT2D eigenvalue weighted by molar-refractivity contribution is -0.124. The molecule has 2 unspecified atom stereocenters. The number of amides is 1. The van der Waals surface area contributed by atoms with Crippen molar-refractivity contribution in [1.29, 1.82) is 0 Å². The van der Waals surface area contributed by atoms with Gasteiger partial charge >= 0.3 is 0 Å². The normalized spacial score (nSPS) is 23.1. The van der Waals surface area contributed by atoms with Gasteiger partial charge in [0.25, 0.3) is 0 Å². The largest absolute Gasteiger partial charge is 0.350 e. The van der Waals surface area contributed by atoms with Gasteiger partial charge in [0.1, 0.15) is 0 Å². The highest BCUT2D eigenvalue weighted by Gasteiger charge is 2.24. The Morgan fingerprint density at radius 1 is 1.50 bits per heavy atom. The van der Waals surface area contributed by atoms with Gasteiger partial charge in [-0.25, -0.2) is 0 Å². The zero-order chi connectivity index (χ0) is 13.1. The molecule has 18 heavy (non-hydrogen) atoms. The van der Waals surface area contributed by atoms with Gasteiger partial charge < -0.3 is 11.1 Å². The molecule has 0 spiro atoms. The number of piperidine rings is 1.